The molecular formula is C38H40N5NaO7. The fourth-order valence-corrected chi connectivity index (χ4v) is 6.47. The number of carbonyl (C=O) groups excluding carboxylic acids is 4. The molecule has 4 rings (SSSR count). The van der Waals surface area contributed by atoms with Gasteiger partial charge in [0.2, 0.25) is 0 Å². The van der Waals surface area contributed by atoms with Gasteiger partial charge >= 0.3 is 189 Å². The third-order valence-corrected chi connectivity index (χ3v) is 9.24. The van der Waals surface area contributed by atoms with Gasteiger partial charge in [-0.2, -0.15) is 0 Å². The van der Waals surface area contributed by atoms with Crippen LogP contribution in [0.25, 0.3) is 0 Å². The quantitative estimate of drug-likeness (QED) is 0.178. The first-order valence-electron chi connectivity index (χ1n) is 16.3. The molecule has 0 saturated heterocycles. The van der Waals surface area contributed by atoms with Gasteiger partial charge in [0.25, 0.3) is 5.91 Å². The van der Waals surface area contributed by atoms with Crippen LogP contribution in [0.4, 0.5) is 27.5 Å². The van der Waals surface area contributed by atoms with Gasteiger partial charge in [0, 0.05) is 25.5 Å². The molecule has 13 heteroatoms. The van der Waals surface area contributed by atoms with E-state index in [9.17, 15) is 29.1 Å². The molecule has 0 aliphatic carbocycles. The van der Waals surface area contributed by atoms with E-state index < -0.39 is 42.8 Å². The van der Waals surface area contributed by atoms with E-state index in [0.717, 1.165) is 13.9 Å². The summed E-state index contributed by atoms with van der Waals surface area (Å²) in [5, 5.41) is 14.8. The number of hydrogen-bond acceptors (Lipinski definition) is 6. The number of carboxylic acids is 1. The van der Waals surface area contributed by atoms with Crippen molar-refractivity contribution in [3.8, 4) is 5.75 Å². The largest absolute Gasteiger partial charge is 0.0354 e. The van der Waals surface area contributed by atoms with E-state index in [1.54, 1.807) is 81.7 Å². The van der Waals surface area contributed by atoms with E-state index in [0.29, 0.717) is 50.6 Å². The number of aryl methyl sites for hydroxylation is 2. The summed E-state index contributed by atoms with van der Waals surface area (Å²) in [6.45, 7) is 4.17. The Morgan fingerprint density at radius 2 is 1.41 bits per heavy atom. The van der Waals surface area contributed by atoms with Gasteiger partial charge in [0.15, 0.2) is 6.61 Å². The summed E-state index contributed by atoms with van der Waals surface area (Å²) in [7, 11) is 3.25. The van der Waals surface area contributed by atoms with Gasteiger partial charge in [-0.25, -0.2) is 0 Å². The number of hydrogen-bond donors (Lipinski definition) is 3. The summed E-state index contributed by atoms with van der Waals surface area (Å²) in [4.78, 5) is 69.5. The molecular weight excluding hydrogens is 661 g/mol. The average molecular weight is 702 g/mol. The van der Waals surface area contributed by atoms with Crippen LogP contribution in [0.2, 0.25) is 0 Å². The molecule has 0 aliphatic heterocycles. The molecule has 0 fully saturated rings. The molecule has 1 atom stereocenters. The van der Waals surface area contributed by atoms with Crippen molar-refractivity contribution in [1.29, 1.82) is 0 Å². The zero-order valence-corrected chi connectivity index (χ0v) is 31.6. The minimum atomic E-state index is -1.03. The molecule has 0 saturated carbocycles. The first-order valence-corrected chi connectivity index (χ1v) is 17.3. The van der Waals surface area contributed by atoms with Gasteiger partial charge in [-0.05, 0) is 49.2 Å². The van der Waals surface area contributed by atoms with Crippen LogP contribution in [0.15, 0.2) is 91.0 Å². The average Bonchev–Trinajstić information content (AvgIpc) is 3.11. The number of para-hydroxylation sites is 3. The molecule has 0 heterocycles. The number of amides is 5. The zero-order chi connectivity index (χ0) is 37.2. The van der Waals surface area contributed by atoms with Crippen molar-refractivity contribution >= 4 is 83.2 Å². The minimum absolute atomic E-state index is 0.184. The first-order chi connectivity index (χ1) is 24.3. The first kappa shape index (κ1) is 38.6. The number of likely N-dealkylation sites (N-methyl/N-ethyl adjacent to an activating group) is 2. The normalized spacial score (nSPS) is 11.2. The molecule has 51 heavy (non-hydrogen) atoms. The number of rotatable bonds is 13. The zero-order valence-electron chi connectivity index (χ0n) is 29.6. The molecule has 0 radical (unpaired) electrons. The van der Waals surface area contributed by atoms with Gasteiger partial charge in [0.1, 0.15) is 0 Å². The Morgan fingerprint density at radius 3 is 2.08 bits per heavy atom. The Labute approximate surface area is 314 Å². The van der Waals surface area contributed by atoms with Crippen LogP contribution in [0.1, 0.15) is 29.5 Å². The Bertz CT molecular complexity index is 1900. The predicted molar refractivity (Wildman–Crippen MR) is 198 cm³/mol. The van der Waals surface area contributed by atoms with Gasteiger partial charge in [-0.3, -0.25) is 4.79 Å². The van der Waals surface area contributed by atoms with Gasteiger partial charge in [-0.15, -0.1) is 0 Å². The predicted octanol–water partition coefficient (Wildman–Crippen LogP) is 4.14. The van der Waals surface area contributed by atoms with Crippen molar-refractivity contribution in [1.82, 2.24) is 5.32 Å². The Kier molecular flexibility index (Phi) is 13.4. The van der Waals surface area contributed by atoms with Crippen molar-refractivity contribution in [3.63, 3.8) is 0 Å². The maximum absolute atomic E-state index is 13.9. The van der Waals surface area contributed by atoms with Crippen LogP contribution in [0.3, 0.4) is 0 Å². The molecule has 0 spiro atoms. The van der Waals surface area contributed by atoms with Crippen molar-refractivity contribution in [2.24, 2.45) is 0 Å². The molecule has 0 bridgehead atoms. The van der Waals surface area contributed by atoms with E-state index in [1.165, 1.54) is 14.7 Å². The fraction of sp³-hybridized carbons (Fsp3) is 0.237. The Morgan fingerprint density at radius 1 is 0.784 bits per heavy atom. The monoisotopic (exact) mass is 701 g/mol. The number of carbonyl (C=O) groups is 5. The maximum Gasteiger partial charge on any atom is -0.0354 e. The van der Waals surface area contributed by atoms with E-state index in [-0.39, 0.29) is 24.0 Å². The van der Waals surface area contributed by atoms with Crippen LogP contribution >= 0.6 is 0 Å². The molecule has 1 unspecified atom stereocenters. The smallest absolute Gasteiger partial charge is 0.0354 e. The third-order valence-electron chi connectivity index (χ3n) is 8.36. The molecule has 260 valence electrons. The molecule has 4 aromatic rings. The summed E-state index contributed by atoms with van der Waals surface area (Å²) in [6.07, 6.45) is 0. The second-order valence-corrected chi connectivity index (χ2v) is 13.3. The second kappa shape index (κ2) is 17.7. The summed E-state index contributed by atoms with van der Waals surface area (Å²) in [5.74, 6) is -3.09. The molecule has 12 nitrogen and oxygen atoms in total. The van der Waals surface area contributed by atoms with Gasteiger partial charge in [0.05, 0.1) is 0 Å². The molecule has 0 aromatic heterocycles. The van der Waals surface area contributed by atoms with E-state index in [4.69, 9.17) is 4.74 Å². The number of aliphatic carboxylic acids is 1. The number of carboxylic acid groups (broad SMARTS) is 1. The summed E-state index contributed by atoms with van der Waals surface area (Å²) < 4.78 is 6.80. The fourth-order valence-electron chi connectivity index (χ4n) is 5.58. The summed E-state index contributed by atoms with van der Waals surface area (Å²) in [5.41, 5.74) is 4.39. The van der Waals surface area contributed by atoms with E-state index >= 15 is 0 Å². The van der Waals surface area contributed by atoms with Crippen molar-refractivity contribution in [2.45, 2.75) is 26.7 Å². The standard InChI is InChI=1S/C38H40N5O7.Na/c1-25-19-26(2)21-29(20-25)42(5)36(46)24-50-33-18-12-11-17-32(33)43(23-35(45)41(4)28-13-7-6-8-14-28)34(44)22-39-38(49)40-31-16-10-9-15-30(31)27(3)37(47)48;/h6-14,16-21,27H,22-24H2,1-5H3,(H,47,48)(H2,39,40,49);. The summed E-state index contributed by atoms with van der Waals surface area (Å²) in [6, 6.07) is 25.7. The van der Waals surface area contributed by atoms with Crippen molar-refractivity contribution in [2.75, 3.05) is 53.8 Å². The van der Waals surface area contributed by atoms with Crippen molar-refractivity contribution < 1.29 is 33.8 Å². The number of urea groups is 1. The Hall–Kier alpha value is -5.17. The SMILES string of the molecule is Cc1cc(C)cc(N(C)C(=O)COc2ccccc2N(CC(=O)N(C)c2ccccc2)C(=O)CNC(=O)Nc2ccc[c]([Na])c2C(C)C(=O)O)c1. The summed E-state index contributed by atoms with van der Waals surface area (Å²) >= 11 is 0.560. The number of anilines is 4. The van der Waals surface area contributed by atoms with Crippen LogP contribution in [-0.2, 0) is 19.2 Å². The Balaban J connectivity index is 1.56. The molecule has 0 aliphatic rings. The van der Waals surface area contributed by atoms with Crippen LogP contribution < -0.4 is 32.9 Å². The van der Waals surface area contributed by atoms with Crippen LogP contribution in [0.5, 0.6) is 5.75 Å². The molecule has 4 aromatic carbocycles. The number of benzene rings is 4. The number of nitrogens with zero attached hydrogens (tertiary/aromatic N) is 3. The van der Waals surface area contributed by atoms with Crippen LogP contribution in [-0.4, -0.2) is 96.6 Å². The van der Waals surface area contributed by atoms with Gasteiger partial charge in [-0.1, -0.05) is 30.3 Å². The van der Waals surface area contributed by atoms with E-state index in [1.807, 2.05) is 44.2 Å². The maximum atomic E-state index is 13.9. The molecule has 3 N–H and O–H groups in total. The van der Waals surface area contributed by atoms with Gasteiger partial charge < -0.3 is 4.90 Å². The number of nitrogens with one attached hydrogen (secondary N) is 2. The van der Waals surface area contributed by atoms with Crippen molar-refractivity contribution in [3.05, 3.63) is 108 Å². The number of ether oxygens (including phenoxy) is 1. The topological polar surface area (TPSA) is 149 Å². The third kappa shape index (κ3) is 10.2. The minimum Gasteiger partial charge on any atom is -0.0354 e. The molecule has 5 amide bonds. The van der Waals surface area contributed by atoms with E-state index in [2.05, 4.69) is 10.6 Å². The van der Waals surface area contributed by atoms with Crippen LogP contribution in [0, 0.1) is 13.8 Å². The second-order valence-electron chi connectivity index (χ2n) is 12.2.